The van der Waals surface area contributed by atoms with Gasteiger partial charge in [0.15, 0.2) is 0 Å². The van der Waals surface area contributed by atoms with Crippen molar-refractivity contribution in [2.45, 2.75) is 13.0 Å². The smallest absolute Gasteiger partial charge is 0.239 e. The SMILES string of the molecule is O=C(CN1CCCN(Cc2ccccc2F)CC1)Nc1ccc(Cl)cn1. The van der Waals surface area contributed by atoms with E-state index in [2.05, 4.69) is 20.1 Å². The number of pyridine rings is 1. The van der Waals surface area contributed by atoms with Crippen molar-refractivity contribution >= 4 is 23.3 Å². The van der Waals surface area contributed by atoms with Gasteiger partial charge in [0.05, 0.1) is 11.6 Å². The quantitative estimate of drug-likeness (QED) is 0.871. The predicted octanol–water partition coefficient (Wildman–Crippen LogP) is 3.02. The molecule has 1 saturated heterocycles. The van der Waals surface area contributed by atoms with E-state index in [1.54, 1.807) is 18.2 Å². The molecule has 0 saturated carbocycles. The molecule has 0 atom stereocenters. The summed E-state index contributed by atoms with van der Waals surface area (Å²) in [5, 5.41) is 3.31. The zero-order chi connectivity index (χ0) is 18.4. The third-order valence-corrected chi connectivity index (χ3v) is 4.62. The van der Waals surface area contributed by atoms with E-state index < -0.39 is 0 Å². The number of rotatable bonds is 5. The fourth-order valence-corrected chi connectivity index (χ4v) is 3.16. The van der Waals surface area contributed by atoms with Gasteiger partial charge in [0, 0.05) is 31.4 Å². The molecule has 1 aromatic heterocycles. The van der Waals surface area contributed by atoms with Crippen molar-refractivity contribution in [3.05, 3.63) is 59.0 Å². The van der Waals surface area contributed by atoms with E-state index in [4.69, 9.17) is 11.6 Å². The Kier molecular flexibility index (Phi) is 6.55. The van der Waals surface area contributed by atoms with Crippen LogP contribution in [-0.4, -0.2) is 53.4 Å². The van der Waals surface area contributed by atoms with E-state index in [0.717, 1.165) is 32.6 Å². The van der Waals surface area contributed by atoms with Crippen LogP contribution in [0.3, 0.4) is 0 Å². The van der Waals surface area contributed by atoms with Gasteiger partial charge in [-0.2, -0.15) is 0 Å². The van der Waals surface area contributed by atoms with Crippen LogP contribution < -0.4 is 5.32 Å². The highest BCUT2D eigenvalue weighted by Gasteiger charge is 2.18. The second kappa shape index (κ2) is 9.07. The normalized spacial score (nSPS) is 16.2. The van der Waals surface area contributed by atoms with Crippen LogP contribution in [0.2, 0.25) is 5.02 Å². The summed E-state index contributed by atoms with van der Waals surface area (Å²) in [5.41, 5.74) is 0.715. The van der Waals surface area contributed by atoms with Crippen molar-refractivity contribution in [2.75, 3.05) is 38.0 Å². The minimum absolute atomic E-state index is 0.0950. The molecule has 0 unspecified atom stereocenters. The van der Waals surface area contributed by atoms with Crippen LogP contribution in [0.5, 0.6) is 0 Å². The van der Waals surface area contributed by atoms with Gasteiger partial charge in [-0.3, -0.25) is 14.6 Å². The molecule has 1 fully saturated rings. The average molecular weight is 377 g/mol. The molecule has 0 radical (unpaired) electrons. The molecule has 138 valence electrons. The van der Waals surface area contributed by atoms with E-state index in [-0.39, 0.29) is 11.7 Å². The van der Waals surface area contributed by atoms with Gasteiger partial charge in [-0.1, -0.05) is 29.8 Å². The molecule has 2 heterocycles. The molecule has 5 nitrogen and oxygen atoms in total. The third kappa shape index (κ3) is 5.49. The number of nitrogens with one attached hydrogen (secondary N) is 1. The largest absolute Gasteiger partial charge is 0.310 e. The summed E-state index contributed by atoms with van der Waals surface area (Å²) in [4.78, 5) is 20.6. The summed E-state index contributed by atoms with van der Waals surface area (Å²) < 4.78 is 13.8. The standard InChI is InChI=1S/C19H22ClFN4O/c20-16-6-7-18(22-12-16)23-19(26)14-25-9-3-8-24(10-11-25)13-15-4-1-2-5-17(15)21/h1-2,4-7,12H,3,8-11,13-14H2,(H,22,23,26). The van der Waals surface area contributed by atoms with Crippen LogP contribution in [0, 0.1) is 5.82 Å². The Morgan fingerprint density at radius 2 is 1.88 bits per heavy atom. The Bertz CT molecular complexity index is 741. The first-order valence-electron chi connectivity index (χ1n) is 8.70. The molecule has 7 heteroatoms. The lowest BCUT2D eigenvalue weighted by molar-refractivity contribution is -0.117. The molecule has 3 rings (SSSR count). The Morgan fingerprint density at radius 1 is 1.12 bits per heavy atom. The molecule has 26 heavy (non-hydrogen) atoms. The number of amides is 1. The van der Waals surface area contributed by atoms with Crippen molar-refractivity contribution in [2.24, 2.45) is 0 Å². The average Bonchev–Trinajstić information content (AvgIpc) is 2.84. The van der Waals surface area contributed by atoms with Gasteiger partial charge in [-0.25, -0.2) is 9.37 Å². The Labute approximate surface area is 157 Å². The number of anilines is 1. The van der Waals surface area contributed by atoms with Crippen LogP contribution in [0.4, 0.5) is 10.2 Å². The van der Waals surface area contributed by atoms with E-state index in [1.165, 1.54) is 12.3 Å². The van der Waals surface area contributed by atoms with Crippen molar-refractivity contribution in [1.82, 2.24) is 14.8 Å². The zero-order valence-corrected chi connectivity index (χ0v) is 15.3. The number of carbonyl (C=O) groups excluding carboxylic acids is 1. The van der Waals surface area contributed by atoms with E-state index in [0.29, 0.717) is 29.5 Å². The summed E-state index contributed by atoms with van der Waals surface area (Å²) >= 11 is 5.79. The molecular formula is C19H22ClFN4O. The van der Waals surface area contributed by atoms with Gasteiger partial charge in [0.25, 0.3) is 0 Å². The summed E-state index contributed by atoms with van der Waals surface area (Å²) in [6.45, 7) is 4.23. The molecule has 0 bridgehead atoms. The second-order valence-corrected chi connectivity index (χ2v) is 6.84. The first-order chi connectivity index (χ1) is 12.6. The van der Waals surface area contributed by atoms with Crippen molar-refractivity contribution < 1.29 is 9.18 Å². The Hall–Kier alpha value is -2.02. The summed E-state index contributed by atoms with van der Waals surface area (Å²) in [6.07, 6.45) is 2.45. The molecule has 1 amide bonds. The molecule has 1 aliphatic heterocycles. The fraction of sp³-hybridized carbons (Fsp3) is 0.368. The maximum atomic E-state index is 13.8. The lowest BCUT2D eigenvalue weighted by atomic mass is 10.2. The minimum Gasteiger partial charge on any atom is -0.310 e. The van der Waals surface area contributed by atoms with Crippen molar-refractivity contribution in [3.63, 3.8) is 0 Å². The molecule has 1 aromatic carbocycles. The molecule has 1 N–H and O–H groups in total. The molecule has 1 aliphatic rings. The number of aromatic nitrogens is 1. The lowest BCUT2D eigenvalue weighted by Crippen LogP contribution is -2.36. The molecule has 0 aliphatic carbocycles. The highest BCUT2D eigenvalue weighted by atomic mass is 35.5. The second-order valence-electron chi connectivity index (χ2n) is 6.41. The van der Waals surface area contributed by atoms with Gasteiger partial charge in [-0.15, -0.1) is 0 Å². The minimum atomic E-state index is -0.163. The third-order valence-electron chi connectivity index (χ3n) is 4.40. The number of carbonyl (C=O) groups is 1. The number of halogens is 2. The highest BCUT2D eigenvalue weighted by molar-refractivity contribution is 6.30. The number of hydrogen-bond donors (Lipinski definition) is 1. The summed E-state index contributed by atoms with van der Waals surface area (Å²) in [5.74, 6) is 0.237. The van der Waals surface area contributed by atoms with Crippen molar-refractivity contribution in [3.8, 4) is 0 Å². The van der Waals surface area contributed by atoms with Crippen molar-refractivity contribution in [1.29, 1.82) is 0 Å². The Balaban J connectivity index is 1.48. The van der Waals surface area contributed by atoms with E-state index >= 15 is 0 Å². The fourth-order valence-electron chi connectivity index (χ4n) is 3.04. The van der Waals surface area contributed by atoms with Gasteiger partial charge < -0.3 is 5.32 Å². The monoisotopic (exact) mass is 376 g/mol. The lowest BCUT2D eigenvalue weighted by Gasteiger charge is -2.21. The van der Waals surface area contributed by atoms with E-state index in [1.807, 2.05) is 12.1 Å². The van der Waals surface area contributed by atoms with Crippen LogP contribution in [0.1, 0.15) is 12.0 Å². The molecule has 2 aromatic rings. The molecular weight excluding hydrogens is 355 g/mol. The van der Waals surface area contributed by atoms with E-state index in [9.17, 15) is 9.18 Å². The molecule has 0 spiro atoms. The maximum Gasteiger partial charge on any atom is 0.239 e. The van der Waals surface area contributed by atoms with Crippen LogP contribution in [0.25, 0.3) is 0 Å². The van der Waals surface area contributed by atoms with Gasteiger partial charge in [0.1, 0.15) is 11.6 Å². The highest BCUT2D eigenvalue weighted by Crippen LogP contribution is 2.13. The zero-order valence-electron chi connectivity index (χ0n) is 14.5. The number of nitrogens with zero attached hydrogens (tertiary/aromatic N) is 3. The first-order valence-corrected chi connectivity index (χ1v) is 9.07. The predicted molar refractivity (Wildman–Crippen MR) is 101 cm³/mol. The summed E-state index contributed by atoms with van der Waals surface area (Å²) in [7, 11) is 0. The number of hydrogen-bond acceptors (Lipinski definition) is 4. The first kappa shape index (κ1) is 18.8. The maximum absolute atomic E-state index is 13.8. The Morgan fingerprint density at radius 3 is 2.65 bits per heavy atom. The van der Waals surface area contributed by atoms with Crippen LogP contribution in [0.15, 0.2) is 42.6 Å². The van der Waals surface area contributed by atoms with Crippen LogP contribution in [-0.2, 0) is 11.3 Å². The van der Waals surface area contributed by atoms with Gasteiger partial charge in [-0.05, 0) is 37.7 Å². The van der Waals surface area contributed by atoms with Gasteiger partial charge >= 0.3 is 0 Å². The van der Waals surface area contributed by atoms with Crippen LogP contribution >= 0.6 is 11.6 Å². The topological polar surface area (TPSA) is 48.5 Å². The summed E-state index contributed by atoms with van der Waals surface area (Å²) in [6, 6.07) is 10.3. The van der Waals surface area contributed by atoms with Gasteiger partial charge in [0.2, 0.25) is 5.91 Å². The number of benzene rings is 1.